The minimum atomic E-state index is -0.0125. The molecule has 2 aliphatic rings. The van der Waals surface area contributed by atoms with E-state index in [9.17, 15) is 0 Å². The maximum Gasteiger partial charge on any atom is 0.161 e. The van der Waals surface area contributed by atoms with Gasteiger partial charge in [-0.15, -0.1) is 0 Å². The molecule has 0 unspecified atom stereocenters. The van der Waals surface area contributed by atoms with E-state index in [-0.39, 0.29) is 5.54 Å². The van der Waals surface area contributed by atoms with Gasteiger partial charge in [-0.2, -0.15) is 0 Å². The molecule has 2 aromatic rings. The summed E-state index contributed by atoms with van der Waals surface area (Å²) in [5, 5.41) is 7.21. The zero-order valence-corrected chi connectivity index (χ0v) is 12.6. The van der Waals surface area contributed by atoms with Gasteiger partial charge in [-0.1, -0.05) is 13.8 Å². The number of hydrogen-bond acceptors (Lipinski definition) is 4. The Kier molecular flexibility index (Phi) is 2.79. The van der Waals surface area contributed by atoms with Crippen LogP contribution in [0.15, 0.2) is 24.5 Å². The zero-order valence-electron chi connectivity index (χ0n) is 12.6. The molecule has 5 heteroatoms. The molecular weight excluding hydrogens is 262 g/mol. The molecule has 0 bridgehead atoms. The summed E-state index contributed by atoms with van der Waals surface area (Å²) in [6.07, 6.45) is 6.05. The second kappa shape index (κ2) is 4.56. The molecule has 0 radical (unpaired) electrons. The Hall–Kier alpha value is -1.88. The van der Waals surface area contributed by atoms with Crippen LogP contribution in [-0.4, -0.2) is 27.6 Å². The maximum absolute atomic E-state index is 4.71. The van der Waals surface area contributed by atoms with Crippen LogP contribution in [0.3, 0.4) is 0 Å². The molecule has 0 saturated carbocycles. The lowest BCUT2D eigenvalue weighted by atomic mass is 9.83. The van der Waals surface area contributed by atoms with Crippen LogP contribution in [0.1, 0.15) is 44.1 Å². The Morgan fingerprint density at radius 2 is 2.05 bits per heavy atom. The summed E-state index contributed by atoms with van der Waals surface area (Å²) in [6.45, 7) is 6.44. The van der Waals surface area contributed by atoms with E-state index in [1.807, 2.05) is 18.5 Å². The van der Waals surface area contributed by atoms with Crippen molar-refractivity contribution in [1.29, 1.82) is 0 Å². The number of pyridine rings is 1. The van der Waals surface area contributed by atoms with E-state index in [0.717, 1.165) is 43.3 Å². The van der Waals surface area contributed by atoms with Gasteiger partial charge in [0.25, 0.3) is 0 Å². The van der Waals surface area contributed by atoms with Gasteiger partial charge in [0.15, 0.2) is 5.82 Å². The lowest BCUT2D eigenvalue weighted by molar-refractivity contribution is 0.328. The quantitative estimate of drug-likeness (QED) is 0.844. The first-order chi connectivity index (χ1) is 10.2. The van der Waals surface area contributed by atoms with Gasteiger partial charge < -0.3 is 10.6 Å². The number of anilines is 1. The molecule has 0 aliphatic carbocycles. The van der Waals surface area contributed by atoms with Crippen molar-refractivity contribution in [2.45, 2.75) is 38.1 Å². The Balaban J connectivity index is 1.96. The molecule has 4 rings (SSSR count). The van der Waals surface area contributed by atoms with Gasteiger partial charge >= 0.3 is 0 Å². The summed E-state index contributed by atoms with van der Waals surface area (Å²) in [6, 6.07) is 4.12. The van der Waals surface area contributed by atoms with Crippen LogP contribution in [0.2, 0.25) is 0 Å². The average molecular weight is 283 g/mol. The van der Waals surface area contributed by atoms with Gasteiger partial charge in [0, 0.05) is 12.1 Å². The topological polar surface area (TPSA) is 54.8 Å². The highest BCUT2D eigenvalue weighted by Gasteiger charge is 2.41. The number of fused-ring (bicyclic) bond motifs is 4. The van der Waals surface area contributed by atoms with Crippen molar-refractivity contribution in [1.82, 2.24) is 19.9 Å². The van der Waals surface area contributed by atoms with Crippen LogP contribution in [0.25, 0.3) is 5.82 Å². The highest BCUT2D eigenvalue weighted by atomic mass is 15.2. The van der Waals surface area contributed by atoms with Crippen LogP contribution in [0.5, 0.6) is 0 Å². The van der Waals surface area contributed by atoms with E-state index in [2.05, 4.69) is 40.1 Å². The number of piperidine rings is 1. The normalized spacial score (nSPS) is 19.2. The Labute approximate surface area is 124 Å². The molecule has 21 heavy (non-hydrogen) atoms. The molecule has 1 spiro atoms. The van der Waals surface area contributed by atoms with Gasteiger partial charge in [-0.3, -0.25) is 4.57 Å². The molecule has 0 atom stereocenters. The van der Waals surface area contributed by atoms with Crippen LogP contribution in [0.4, 0.5) is 5.69 Å². The number of nitrogens with zero attached hydrogens (tertiary/aromatic N) is 3. The number of aromatic nitrogens is 3. The van der Waals surface area contributed by atoms with E-state index < -0.39 is 0 Å². The van der Waals surface area contributed by atoms with Crippen molar-refractivity contribution < 1.29 is 0 Å². The smallest absolute Gasteiger partial charge is 0.161 e. The van der Waals surface area contributed by atoms with E-state index in [0.29, 0.717) is 5.92 Å². The molecule has 0 aromatic carbocycles. The Bertz CT molecular complexity index is 667. The summed E-state index contributed by atoms with van der Waals surface area (Å²) in [7, 11) is 0. The summed E-state index contributed by atoms with van der Waals surface area (Å²) in [5.74, 6) is 2.47. The summed E-state index contributed by atoms with van der Waals surface area (Å²) in [5.41, 5.74) is 2.37. The number of rotatable bonds is 1. The fraction of sp³-hybridized carbons (Fsp3) is 0.500. The van der Waals surface area contributed by atoms with Gasteiger partial charge in [0.1, 0.15) is 5.82 Å². The van der Waals surface area contributed by atoms with Crippen molar-refractivity contribution in [2.75, 3.05) is 18.4 Å². The maximum atomic E-state index is 4.71. The predicted octanol–water partition coefficient (Wildman–Crippen LogP) is 2.39. The second-order valence-electron chi connectivity index (χ2n) is 6.32. The molecule has 2 N–H and O–H groups in total. The fourth-order valence-electron chi connectivity index (χ4n) is 3.56. The summed E-state index contributed by atoms with van der Waals surface area (Å²) in [4.78, 5) is 9.31. The highest BCUT2D eigenvalue weighted by molar-refractivity contribution is 5.63. The largest absolute Gasteiger partial charge is 0.371 e. The van der Waals surface area contributed by atoms with E-state index in [1.54, 1.807) is 0 Å². The van der Waals surface area contributed by atoms with Crippen LogP contribution in [-0.2, 0) is 5.54 Å². The molecule has 2 aliphatic heterocycles. The standard InChI is InChI=1S/C16H21N5/c1-11(2)14-19-10-13-16(5-8-17-9-6-16)20-12-4-3-7-18-15(12)21(13)14/h3-4,7,10-11,17,20H,5-6,8-9H2,1-2H3. The number of nitrogens with one attached hydrogen (secondary N) is 2. The molecule has 5 nitrogen and oxygen atoms in total. The lowest BCUT2D eigenvalue weighted by Crippen LogP contribution is -2.48. The van der Waals surface area contributed by atoms with Crippen molar-refractivity contribution in [3.8, 4) is 5.82 Å². The molecule has 4 heterocycles. The highest BCUT2D eigenvalue weighted by Crippen LogP contribution is 2.42. The van der Waals surface area contributed by atoms with Crippen molar-refractivity contribution in [3.05, 3.63) is 36.0 Å². The van der Waals surface area contributed by atoms with Gasteiger partial charge in [-0.05, 0) is 38.1 Å². The van der Waals surface area contributed by atoms with Crippen LogP contribution in [0, 0.1) is 0 Å². The monoisotopic (exact) mass is 283 g/mol. The zero-order chi connectivity index (χ0) is 14.4. The molecule has 110 valence electrons. The molecule has 0 amide bonds. The first-order valence-electron chi connectivity index (χ1n) is 7.74. The Morgan fingerprint density at radius 3 is 2.81 bits per heavy atom. The first-order valence-corrected chi connectivity index (χ1v) is 7.74. The van der Waals surface area contributed by atoms with Gasteiger partial charge in [-0.25, -0.2) is 9.97 Å². The third-order valence-corrected chi connectivity index (χ3v) is 4.63. The average Bonchev–Trinajstić information content (AvgIpc) is 2.95. The first kappa shape index (κ1) is 12.8. The van der Waals surface area contributed by atoms with E-state index in [4.69, 9.17) is 4.98 Å². The predicted molar refractivity (Wildman–Crippen MR) is 82.9 cm³/mol. The van der Waals surface area contributed by atoms with E-state index in [1.165, 1.54) is 5.69 Å². The molecule has 2 aromatic heterocycles. The minimum Gasteiger partial charge on any atom is -0.371 e. The lowest BCUT2D eigenvalue weighted by Gasteiger charge is -2.43. The van der Waals surface area contributed by atoms with Crippen LogP contribution >= 0.6 is 0 Å². The minimum absolute atomic E-state index is 0.0125. The molecular formula is C16H21N5. The SMILES string of the molecule is CC(C)c1ncc2n1-c1ncccc1NC21CCNCC1. The number of hydrogen-bond donors (Lipinski definition) is 2. The molecule has 1 fully saturated rings. The summed E-state index contributed by atoms with van der Waals surface area (Å²) < 4.78 is 2.28. The van der Waals surface area contributed by atoms with Gasteiger partial charge in [0.05, 0.1) is 23.1 Å². The third kappa shape index (κ3) is 1.80. The molecule has 1 saturated heterocycles. The number of imidazole rings is 1. The second-order valence-corrected chi connectivity index (χ2v) is 6.32. The Morgan fingerprint density at radius 1 is 1.24 bits per heavy atom. The third-order valence-electron chi connectivity index (χ3n) is 4.63. The van der Waals surface area contributed by atoms with Crippen molar-refractivity contribution >= 4 is 5.69 Å². The van der Waals surface area contributed by atoms with Crippen LogP contribution < -0.4 is 10.6 Å². The van der Waals surface area contributed by atoms with Crippen molar-refractivity contribution in [2.24, 2.45) is 0 Å². The van der Waals surface area contributed by atoms with Gasteiger partial charge in [0.2, 0.25) is 0 Å². The fourth-order valence-corrected chi connectivity index (χ4v) is 3.56. The summed E-state index contributed by atoms with van der Waals surface area (Å²) >= 11 is 0. The van der Waals surface area contributed by atoms with E-state index >= 15 is 0 Å². The van der Waals surface area contributed by atoms with Crippen molar-refractivity contribution in [3.63, 3.8) is 0 Å².